The lowest BCUT2D eigenvalue weighted by atomic mass is 10.2. The lowest BCUT2D eigenvalue weighted by molar-refractivity contribution is -0.118. The average Bonchev–Trinajstić information content (AvgIpc) is 3.31. The highest BCUT2D eigenvalue weighted by atomic mass is 32.2. The Kier molecular flexibility index (Phi) is 6.96. The SMILES string of the molecule is Cc1ccc(CSCC(=O)NCC(c2cccs2)N2CCCC2)cc1. The van der Waals surface area contributed by atoms with Crippen molar-refractivity contribution in [1.29, 1.82) is 0 Å². The highest BCUT2D eigenvalue weighted by Crippen LogP contribution is 2.27. The summed E-state index contributed by atoms with van der Waals surface area (Å²) in [7, 11) is 0. The smallest absolute Gasteiger partial charge is 0.230 e. The third-order valence-corrected chi connectivity index (χ3v) is 6.55. The van der Waals surface area contributed by atoms with E-state index >= 15 is 0 Å². The van der Waals surface area contributed by atoms with Crippen molar-refractivity contribution < 1.29 is 4.79 Å². The summed E-state index contributed by atoms with van der Waals surface area (Å²) in [5, 5.41) is 5.27. The zero-order chi connectivity index (χ0) is 17.5. The molecule has 0 aliphatic carbocycles. The van der Waals surface area contributed by atoms with Gasteiger partial charge in [0, 0.05) is 17.2 Å². The van der Waals surface area contributed by atoms with Crippen LogP contribution in [0.1, 0.15) is 34.9 Å². The van der Waals surface area contributed by atoms with Crippen LogP contribution >= 0.6 is 23.1 Å². The van der Waals surface area contributed by atoms with Crippen molar-refractivity contribution in [2.45, 2.75) is 31.6 Å². The van der Waals surface area contributed by atoms with Crippen molar-refractivity contribution >= 4 is 29.0 Å². The predicted octanol–water partition coefficient (Wildman–Crippen LogP) is 4.24. The van der Waals surface area contributed by atoms with Crippen molar-refractivity contribution in [3.63, 3.8) is 0 Å². The van der Waals surface area contributed by atoms with Crippen LogP contribution in [0.2, 0.25) is 0 Å². The number of thiophene rings is 1. The van der Waals surface area contributed by atoms with E-state index in [1.54, 1.807) is 23.1 Å². The van der Waals surface area contributed by atoms with Gasteiger partial charge in [0.25, 0.3) is 0 Å². The highest BCUT2D eigenvalue weighted by molar-refractivity contribution is 7.99. The first-order valence-electron chi connectivity index (χ1n) is 8.90. The van der Waals surface area contributed by atoms with Crippen LogP contribution in [-0.4, -0.2) is 36.2 Å². The van der Waals surface area contributed by atoms with E-state index in [1.807, 2.05) is 0 Å². The zero-order valence-corrected chi connectivity index (χ0v) is 16.4. The van der Waals surface area contributed by atoms with Crippen LogP contribution < -0.4 is 5.32 Å². The van der Waals surface area contributed by atoms with Crippen molar-refractivity contribution in [3.8, 4) is 0 Å². The number of carbonyl (C=O) groups excluding carboxylic acids is 1. The summed E-state index contributed by atoms with van der Waals surface area (Å²) in [4.78, 5) is 16.1. The minimum absolute atomic E-state index is 0.137. The molecule has 0 bridgehead atoms. The Hall–Kier alpha value is -1.30. The van der Waals surface area contributed by atoms with Gasteiger partial charge in [-0.1, -0.05) is 35.9 Å². The molecule has 0 spiro atoms. The van der Waals surface area contributed by atoms with Gasteiger partial charge in [0.15, 0.2) is 0 Å². The fourth-order valence-electron chi connectivity index (χ4n) is 3.15. The first kappa shape index (κ1) is 18.5. The number of carbonyl (C=O) groups is 1. The van der Waals surface area contributed by atoms with E-state index in [9.17, 15) is 4.79 Å². The maximum absolute atomic E-state index is 12.2. The molecule has 1 N–H and O–H groups in total. The largest absolute Gasteiger partial charge is 0.353 e. The molecule has 1 aliphatic rings. The van der Waals surface area contributed by atoms with Crippen LogP contribution in [0, 0.1) is 6.92 Å². The van der Waals surface area contributed by atoms with E-state index in [-0.39, 0.29) is 5.91 Å². The molecular weight excluding hydrogens is 348 g/mol. The quantitative estimate of drug-likeness (QED) is 0.750. The van der Waals surface area contributed by atoms with Crippen LogP contribution in [0.3, 0.4) is 0 Å². The van der Waals surface area contributed by atoms with Crippen LogP contribution in [0.4, 0.5) is 0 Å². The number of likely N-dealkylation sites (tertiary alicyclic amines) is 1. The number of hydrogen-bond acceptors (Lipinski definition) is 4. The molecule has 1 aliphatic heterocycles. The van der Waals surface area contributed by atoms with Gasteiger partial charge < -0.3 is 5.32 Å². The normalized spacial score (nSPS) is 16.0. The summed E-state index contributed by atoms with van der Waals surface area (Å²) in [6.45, 7) is 5.08. The summed E-state index contributed by atoms with van der Waals surface area (Å²) in [5.74, 6) is 1.54. The van der Waals surface area contributed by atoms with E-state index in [1.165, 1.54) is 28.8 Å². The molecule has 1 atom stereocenters. The second-order valence-corrected chi connectivity index (χ2v) is 8.52. The summed E-state index contributed by atoms with van der Waals surface area (Å²) in [6.07, 6.45) is 2.53. The molecule has 1 fully saturated rings. The Bertz CT molecular complexity index is 649. The molecule has 1 saturated heterocycles. The number of hydrogen-bond donors (Lipinski definition) is 1. The number of thioether (sulfide) groups is 1. The summed E-state index contributed by atoms with van der Waals surface area (Å²) in [6, 6.07) is 13.1. The second kappa shape index (κ2) is 9.41. The average molecular weight is 375 g/mol. The van der Waals surface area contributed by atoms with Gasteiger partial charge >= 0.3 is 0 Å². The fraction of sp³-hybridized carbons (Fsp3) is 0.450. The molecular formula is C20H26N2OS2. The third-order valence-electron chi connectivity index (χ3n) is 4.57. The Balaban J connectivity index is 1.44. The topological polar surface area (TPSA) is 32.3 Å². The van der Waals surface area contributed by atoms with Gasteiger partial charge in [-0.05, 0) is 49.9 Å². The number of benzene rings is 1. The molecule has 0 radical (unpaired) electrons. The van der Waals surface area contributed by atoms with Gasteiger partial charge in [-0.15, -0.1) is 23.1 Å². The molecule has 2 heterocycles. The standard InChI is InChI=1S/C20H26N2OS2/c1-16-6-8-17(9-7-16)14-24-15-20(23)21-13-18(19-5-4-12-25-19)22-10-2-3-11-22/h4-9,12,18H,2-3,10-11,13-15H2,1H3,(H,21,23). The monoisotopic (exact) mass is 374 g/mol. The fourth-order valence-corrected chi connectivity index (χ4v) is 4.83. The molecule has 1 aromatic carbocycles. The molecule has 1 aromatic heterocycles. The maximum atomic E-state index is 12.2. The lowest BCUT2D eigenvalue weighted by Gasteiger charge is -2.26. The van der Waals surface area contributed by atoms with Crippen molar-refractivity contribution in [3.05, 3.63) is 57.8 Å². The van der Waals surface area contributed by atoms with Crippen LogP contribution in [0.25, 0.3) is 0 Å². The maximum Gasteiger partial charge on any atom is 0.230 e. The van der Waals surface area contributed by atoms with E-state index in [4.69, 9.17) is 0 Å². The van der Waals surface area contributed by atoms with Gasteiger partial charge in [-0.25, -0.2) is 0 Å². The third kappa shape index (κ3) is 5.59. The van der Waals surface area contributed by atoms with Gasteiger partial charge in [-0.3, -0.25) is 9.69 Å². The predicted molar refractivity (Wildman–Crippen MR) is 108 cm³/mol. The van der Waals surface area contributed by atoms with E-state index in [0.29, 0.717) is 18.3 Å². The minimum Gasteiger partial charge on any atom is -0.353 e. The lowest BCUT2D eigenvalue weighted by Crippen LogP contribution is -2.37. The molecule has 134 valence electrons. The Labute approximate surface area is 158 Å². The first-order valence-corrected chi connectivity index (χ1v) is 10.9. The minimum atomic E-state index is 0.137. The second-order valence-electron chi connectivity index (χ2n) is 6.56. The molecule has 3 nitrogen and oxygen atoms in total. The molecule has 2 aromatic rings. The number of nitrogens with zero attached hydrogens (tertiary/aromatic N) is 1. The number of rotatable bonds is 8. The van der Waals surface area contributed by atoms with Gasteiger partial charge in [0.2, 0.25) is 5.91 Å². The molecule has 1 amide bonds. The number of aryl methyl sites for hydroxylation is 1. The van der Waals surface area contributed by atoms with E-state index in [0.717, 1.165) is 18.8 Å². The zero-order valence-electron chi connectivity index (χ0n) is 14.7. The summed E-state index contributed by atoms with van der Waals surface area (Å²) < 4.78 is 0. The number of nitrogens with one attached hydrogen (secondary N) is 1. The van der Waals surface area contributed by atoms with E-state index in [2.05, 4.69) is 58.9 Å². The Morgan fingerprint density at radius 3 is 2.68 bits per heavy atom. The number of amides is 1. The summed E-state index contributed by atoms with van der Waals surface area (Å²) >= 11 is 3.47. The Morgan fingerprint density at radius 1 is 1.24 bits per heavy atom. The van der Waals surface area contributed by atoms with Gasteiger partial charge in [-0.2, -0.15) is 0 Å². The van der Waals surface area contributed by atoms with Crippen LogP contribution in [0.15, 0.2) is 41.8 Å². The van der Waals surface area contributed by atoms with Gasteiger partial charge in [0.05, 0.1) is 11.8 Å². The molecule has 5 heteroatoms. The van der Waals surface area contributed by atoms with Crippen LogP contribution in [-0.2, 0) is 10.5 Å². The van der Waals surface area contributed by atoms with Crippen molar-refractivity contribution in [2.24, 2.45) is 0 Å². The van der Waals surface area contributed by atoms with Crippen molar-refractivity contribution in [2.75, 3.05) is 25.4 Å². The first-order chi connectivity index (χ1) is 12.2. The van der Waals surface area contributed by atoms with E-state index < -0.39 is 0 Å². The van der Waals surface area contributed by atoms with Crippen molar-refractivity contribution in [1.82, 2.24) is 10.2 Å². The highest BCUT2D eigenvalue weighted by Gasteiger charge is 2.24. The Morgan fingerprint density at radius 2 is 2.00 bits per heavy atom. The molecule has 0 saturated carbocycles. The molecule has 1 unspecified atom stereocenters. The summed E-state index contributed by atoms with van der Waals surface area (Å²) in [5.41, 5.74) is 2.55. The van der Waals surface area contributed by atoms with Crippen LogP contribution in [0.5, 0.6) is 0 Å². The molecule has 25 heavy (non-hydrogen) atoms. The van der Waals surface area contributed by atoms with Gasteiger partial charge in [0.1, 0.15) is 0 Å². The molecule has 3 rings (SSSR count).